The van der Waals surface area contributed by atoms with Crippen molar-refractivity contribution in [2.75, 3.05) is 11.1 Å². The summed E-state index contributed by atoms with van der Waals surface area (Å²) in [5.41, 5.74) is 9.73. The molecule has 1 aliphatic rings. The molecule has 0 aliphatic heterocycles. The fourth-order valence-electron chi connectivity index (χ4n) is 5.33. The zero-order valence-corrected chi connectivity index (χ0v) is 19.7. The Hall–Kier alpha value is -4.01. The molecule has 1 aliphatic carbocycles. The van der Waals surface area contributed by atoms with Crippen LogP contribution in [0.3, 0.4) is 0 Å². The van der Waals surface area contributed by atoms with E-state index in [1.165, 1.54) is 6.33 Å². The molecule has 0 bridgehead atoms. The number of hydrogen-bond acceptors (Lipinski definition) is 7. The number of nitrogens with one attached hydrogen (secondary N) is 1. The molecule has 0 unspecified atom stereocenters. The molecule has 5 N–H and O–H groups in total. The Balaban J connectivity index is 1.17. The number of pyridine rings is 1. The lowest BCUT2D eigenvalue weighted by Crippen LogP contribution is -2.29. The zero-order chi connectivity index (χ0) is 24.6. The minimum Gasteiger partial charge on any atom is -0.390 e. The van der Waals surface area contributed by atoms with E-state index in [1.807, 2.05) is 53.2 Å². The summed E-state index contributed by atoms with van der Waals surface area (Å²) in [5.74, 6) is 1.18. The van der Waals surface area contributed by atoms with Crippen molar-refractivity contribution in [1.82, 2.24) is 19.5 Å². The molecule has 0 radical (unpaired) electrons. The SMILES string of the molecule is Nc1ncnc2c1ccn2[C@@H]1C[C@H](CCc2ccc3ccc(Nc4ccccc4)nc3c2)[C@@H](O)[C@H]1O. The van der Waals surface area contributed by atoms with Crippen molar-refractivity contribution in [3.8, 4) is 0 Å². The Kier molecular flexibility index (Phi) is 5.75. The monoisotopic (exact) mass is 480 g/mol. The molecule has 2 aromatic carbocycles. The van der Waals surface area contributed by atoms with Crippen molar-refractivity contribution >= 4 is 39.3 Å². The van der Waals surface area contributed by atoms with E-state index in [0.717, 1.165) is 46.2 Å². The van der Waals surface area contributed by atoms with Crippen LogP contribution in [0.5, 0.6) is 0 Å². The van der Waals surface area contributed by atoms with Gasteiger partial charge in [0.25, 0.3) is 0 Å². The van der Waals surface area contributed by atoms with Crippen LogP contribution in [0.25, 0.3) is 21.9 Å². The summed E-state index contributed by atoms with van der Waals surface area (Å²) < 4.78 is 1.92. The van der Waals surface area contributed by atoms with Gasteiger partial charge in [-0.25, -0.2) is 15.0 Å². The molecule has 8 nitrogen and oxygen atoms in total. The predicted molar refractivity (Wildman–Crippen MR) is 141 cm³/mol. The molecule has 8 heteroatoms. The first-order chi connectivity index (χ1) is 17.6. The number of para-hydroxylation sites is 1. The summed E-state index contributed by atoms with van der Waals surface area (Å²) in [5, 5.41) is 26.9. The van der Waals surface area contributed by atoms with E-state index in [9.17, 15) is 10.2 Å². The number of fused-ring (bicyclic) bond motifs is 2. The number of nitrogens with two attached hydrogens (primary N) is 1. The lowest BCUT2D eigenvalue weighted by molar-refractivity contribution is 0.00545. The molecule has 3 heterocycles. The van der Waals surface area contributed by atoms with E-state index in [4.69, 9.17) is 10.7 Å². The van der Waals surface area contributed by atoms with Crippen molar-refractivity contribution in [2.45, 2.75) is 37.5 Å². The fourth-order valence-corrected chi connectivity index (χ4v) is 5.33. The molecule has 4 atom stereocenters. The van der Waals surface area contributed by atoms with E-state index in [0.29, 0.717) is 17.9 Å². The number of benzene rings is 2. The van der Waals surface area contributed by atoms with Gasteiger partial charge < -0.3 is 25.8 Å². The number of hydrogen-bond donors (Lipinski definition) is 4. The molecule has 182 valence electrons. The number of nitrogen functional groups attached to an aromatic ring is 1. The average Bonchev–Trinajstić information content (AvgIpc) is 3.45. The number of aliphatic hydroxyl groups is 2. The number of nitrogens with zero attached hydrogens (tertiary/aromatic N) is 4. The first-order valence-electron chi connectivity index (χ1n) is 12.2. The van der Waals surface area contributed by atoms with Gasteiger partial charge in [-0.3, -0.25) is 0 Å². The Morgan fingerprint density at radius 1 is 0.972 bits per heavy atom. The number of rotatable bonds is 6. The van der Waals surface area contributed by atoms with E-state index in [1.54, 1.807) is 0 Å². The third-order valence-electron chi connectivity index (χ3n) is 7.28. The number of aryl methyl sites for hydroxylation is 1. The van der Waals surface area contributed by atoms with Gasteiger partial charge in [-0.05, 0) is 67.1 Å². The maximum Gasteiger partial charge on any atom is 0.145 e. The van der Waals surface area contributed by atoms with E-state index < -0.39 is 12.2 Å². The summed E-state index contributed by atoms with van der Waals surface area (Å²) in [6, 6.07) is 21.9. The molecule has 1 saturated carbocycles. The van der Waals surface area contributed by atoms with E-state index in [2.05, 4.69) is 39.6 Å². The van der Waals surface area contributed by atoms with Gasteiger partial charge in [0.2, 0.25) is 0 Å². The first kappa shape index (κ1) is 22.5. The lowest BCUT2D eigenvalue weighted by Gasteiger charge is -2.19. The van der Waals surface area contributed by atoms with Crippen LogP contribution in [0.2, 0.25) is 0 Å². The van der Waals surface area contributed by atoms with Gasteiger partial charge in [0.05, 0.1) is 23.0 Å². The molecule has 3 aromatic heterocycles. The molecular formula is C28H28N6O2. The molecule has 0 saturated heterocycles. The Bertz CT molecular complexity index is 1520. The highest BCUT2D eigenvalue weighted by molar-refractivity contribution is 5.86. The van der Waals surface area contributed by atoms with Crippen LogP contribution < -0.4 is 11.1 Å². The second-order valence-corrected chi connectivity index (χ2v) is 9.52. The molecular weight excluding hydrogens is 452 g/mol. The maximum absolute atomic E-state index is 10.9. The highest BCUT2D eigenvalue weighted by Crippen LogP contribution is 2.39. The number of aromatic nitrogens is 4. The summed E-state index contributed by atoms with van der Waals surface area (Å²) in [6.45, 7) is 0. The summed E-state index contributed by atoms with van der Waals surface area (Å²) >= 11 is 0. The van der Waals surface area contributed by atoms with Crippen molar-refractivity contribution in [1.29, 1.82) is 0 Å². The van der Waals surface area contributed by atoms with Gasteiger partial charge in [-0.15, -0.1) is 0 Å². The highest BCUT2D eigenvalue weighted by atomic mass is 16.3. The Labute approximate surface area is 208 Å². The quantitative estimate of drug-likeness (QED) is 0.287. The topological polar surface area (TPSA) is 122 Å². The average molecular weight is 481 g/mol. The number of aliphatic hydroxyl groups excluding tert-OH is 2. The Morgan fingerprint density at radius 2 is 1.81 bits per heavy atom. The smallest absolute Gasteiger partial charge is 0.145 e. The van der Waals surface area contributed by atoms with E-state index >= 15 is 0 Å². The molecule has 36 heavy (non-hydrogen) atoms. The van der Waals surface area contributed by atoms with Crippen LogP contribution >= 0.6 is 0 Å². The lowest BCUT2D eigenvalue weighted by atomic mass is 9.95. The van der Waals surface area contributed by atoms with Gasteiger partial charge in [0, 0.05) is 17.3 Å². The minimum absolute atomic E-state index is 0.0311. The normalized spacial score (nSPS) is 21.8. The zero-order valence-electron chi connectivity index (χ0n) is 19.7. The van der Waals surface area contributed by atoms with Gasteiger partial charge >= 0.3 is 0 Å². The molecule has 0 spiro atoms. The number of anilines is 3. The second-order valence-electron chi connectivity index (χ2n) is 9.52. The molecule has 0 amide bonds. The molecule has 1 fully saturated rings. The highest BCUT2D eigenvalue weighted by Gasteiger charge is 2.42. The minimum atomic E-state index is -0.869. The predicted octanol–water partition coefficient (Wildman–Crippen LogP) is 4.22. The van der Waals surface area contributed by atoms with E-state index in [-0.39, 0.29) is 12.0 Å². The molecule has 5 aromatic rings. The maximum atomic E-state index is 10.9. The third kappa shape index (κ3) is 4.14. The summed E-state index contributed by atoms with van der Waals surface area (Å²) in [6.07, 6.45) is 3.84. The summed E-state index contributed by atoms with van der Waals surface area (Å²) in [7, 11) is 0. The molecule has 6 rings (SSSR count). The van der Waals surface area contributed by atoms with Crippen molar-refractivity contribution in [3.05, 3.63) is 84.8 Å². The van der Waals surface area contributed by atoms with Crippen molar-refractivity contribution < 1.29 is 10.2 Å². The largest absolute Gasteiger partial charge is 0.390 e. The van der Waals surface area contributed by atoms with Crippen LogP contribution in [0.1, 0.15) is 24.4 Å². The fraction of sp³-hybridized carbons (Fsp3) is 0.250. The van der Waals surface area contributed by atoms with Crippen LogP contribution in [0, 0.1) is 5.92 Å². The second kappa shape index (κ2) is 9.22. The standard InChI is InChI=1S/C28H28N6O2/c29-27-21-12-13-34(28(21)31-16-30-27)23-15-19(25(35)26(23)36)9-7-17-6-8-18-10-11-24(33-22(18)14-17)32-20-4-2-1-3-5-20/h1-6,8,10-14,16,19,23,25-26,35-36H,7,9,15H2,(H,32,33)(H2,29,30,31)/t19-,23+,25+,26-/m0/s1. The van der Waals surface area contributed by atoms with Gasteiger partial charge in [0.15, 0.2) is 0 Å². The van der Waals surface area contributed by atoms with Crippen LogP contribution in [0.15, 0.2) is 79.3 Å². The first-order valence-corrected chi connectivity index (χ1v) is 12.2. The Morgan fingerprint density at radius 3 is 2.67 bits per heavy atom. The third-order valence-corrected chi connectivity index (χ3v) is 7.28. The van der Waals surface area contributed by atoms with Gasteiger partial charge in [0.1, 0.15) is 29.7 Å². The van der Waals surface area contributed by atoms with Crippen molar-refractivity contribution in [2.24, 2.45) is 5.92 Å². The van der Waals surface area contributed by atoms with Gasteiger partial charge in [-0.2, -0.15) is 0 Å². The summed E-state index contributed by atoms with van der Waals surface area (Å²) in [4.78, 5) is 13.2. The van der Waals surface area contributed by atoms with Crippen LogP contribution in [-0.2, 0) is 6.42 Å². The van der Waals surface area contributed by atoms with Crippen LogP contribution in [0.4, 0.5) is 17.3 Å². The van der Waals surface area contributed by atoms with Crippen LogP contribution in [-0.4, -0.2) is 41.9 Å². The van der Waals surface area contributed by atoms with Gasteiger partial charge in [-0.1, -0.05) is 30.3 Å². The van der Waals surface area contributed by atoms with Crippen molar-refractivity contribution in [3.63, 3.8) is 0 Å².